The van der Waals surface area contributed by atoms with E-state index < -0.39 is 0 Å². The highest BCUT2D eigenvalue weighted by atomic mass is 32.2. The smallest absolute Gasteiger partial charge is 0.00646 e. The molecule has 0 saturated heterocycles. The minimum absolute atomic E-state index is 1.18. The Hall–Kier alpha value is 0.0900. The first-order valence-corrected chi connectivity index (χ1v) is 6.26. The molecule has 0 fully saturated rings. The van der Waals surface area contributed by atoms with Crippen LogP contribution >= 0.6 is 11.8 Å². The van der Waals surface area contributed by atoms with Gasteiger partial charge in [-0.25, -0.2) is 0 Å². The van der Waals surface area contributed by atoms with Gasteiger partial charge in [0.25, 0.3) is 0 Å². The molecule has 0 bridgehead atoms. The lowest BCUT2D eigenvalue weighted by atomic mass is 10.2. The zero-order chi connectivity index (χ0) is 9.07. The monoisotopic (exact) mass is 186 g/mol. The van der Waals surface area contributed by atoms with Crippen molar-refractivity contribution in [3.05, 3.63) is 12.7 Å². The summed E-state index contributed by atoms with van der Waals surface area (Å²) < 4.78 is 0. The molecule has 72 valence electrons. The van der Waals surface area contributed by atoms with Crippen molar-refractivity contribution in [2.45, 2.75) is 45.4 Å². The van der Waals surface area contributed by atoms with E-state index in [0.29, 0.717) is 0 Å². The Morgan fingerprint density at radius 1 is 1.08 bits per heavy atom. The van der Waals surface area contributed by atoms with E-state index in [1.807, 2.05) is 6.08 Å². The van der Waals surface area contributed by atoms with Crippen LogP contribution in [0.2, 0.25) is 0 Å². The van der Waals surface area contributed by atoms with Crippen LogP contribution in [0.15, 0.2) is 12.7 Å². The molecule has 0 rings (SSSR count). The average molecular weight is 186 g/mol. The SMILES string of the molecule is C=CCCCSCCCCCC. The molecule has 0 aromatic heterocycles. The molecule has 0 aromatic rings. The second kappa shape index (κ2) is 11.1. The lowest BCUT2D eigenvalue weighted by Gasteiger charge is -1.99. The van der Waals surface area contributed by atoms with E-state index in [1.165, 1.54) is 50.0 Å². The number of allylic oxidation sites excluding steroid dienone is 1. The molecule has 0 unspecified atom stereocenters. The Kier molecular flexibility index (Phi) is 11.2. The zero-order valence-electron chi connectivity index (χ0n) is 8.35. The Morgan fingerprint density at radius 2 is 1.83 bits per heavy atom. The lowest BCUT2D eigenvalue weighted by molar-refractivity contribution is 0.706. The zero-order valence-corrected chi connectivity index (χ0v) is 9.17. The summed E-state index contributed by atoms with van der Waals surface area (Å²) in [5.74, 6) is 2.68. The normalized spacial score (nSPS) is 10.1. The molecule has 0 nitrogen and oxygen atoms in total. The van der Waals surface area contributed by atoms with Gasteiger partial charge in [0.05, 0.1) is 0 Å². The van der Waals surface area contributed by atoms with Crippen LogP contribution in [0.3, 0.4) is 0 Å². The van der Waals surface area contributed by atoms with Crippen LogP contribution in [-0.2, 0) is 0 Å². The van der Waals surface area contributed by atoms with Crippen LogP contribution in [0.5, 0.6) is 0 Å². The number of thioether (sulfide) groups is 1. The highest BCUT2D eigenvalue weighted by Crippen LogP contribution is 2.09. The second-order valence-corrected chi connectivity index (χ2v) is 4.33. The van der Waals surface area contributed by atoms with Crippen molar-refractivity contribution in [1.82, 2.24) is 0 Å². The molecule has 12 heavy (non-hydrogen) atoms. The molecular formula is C11H22S. The summed E-state index contributed by atoms with van der Waals surface area (Å²) in [7, 11) is 0. The molecule has 0 saturated carbocycles. The molecule has 0 heterocycles. The number of unbranched alkanes of at least 4 members (excludes halogenated alkanes) is 4. The largest absolute Gasteiger partial charge is 0.162 e. The van der Waals surface area contributed by atoms with Gasteiger partial charge in [0, 0.05) is 0 Å². The van der Waals surface area contributed by atoms with E-state index >= 15 is 0 Å². The third kappa shape index (κ3) is 10.1. The van der Waals surface area contributed by atoms with Crippen molar-refractivity contribution in [2.24, 2.45) is 0 Å². The first-order chi connectivity index (χ1) is 5.91. The number of rotatable bonds is 9. The Balaban J connectivity index is 2.77. The first-order valence-electron chi connectivity index (χ1n) is 5.10. The van der Waals surface area contributed by atoms with Crippen molar-refractivity contribution in [3.8, 4) is 0 Å². The summed E-state index contributed by atoms with van der Waals surface area (Å²) in [4.78, 5) is 0. The summed E-state index contributed by atoms with van der Waals surface area (Å²) in [5, 5.41) is 0. The van der Waals surface area contributed by atoms with Gasteiger partial charge in [-0.1, -0.05) is 32.3 Å². The van der Waals surface area contributed by atoms with Gasteiger partial charge in [0.1, 0.15) is 0 Å². The predicted molar refractivity (Wildman–Crippen MR) is 60.9 cm³/mol. The minimum Gasteiger partial charge on any atom is -0.162 e. The van der Waals surface area contributed by atoms with E-state index in [2.05, 4.69) is 25.3 Å². The van der Waals surface area contributed by atoms with Gasteiger partial charge in [-0.3, -0.25) is 0 Å². The van der Waals surface area contributed by atoms with Crippen LogP contribution in [0.4, 0.5) is 0 Å². The van der Waals surface area contributed by atoms with Crippen molar-refractivity contribution in [1.29, 1.82) is 0 Å². The van der Waals surface area contributed by atoms with Gasteiger partial charge in [0.15, 0.2) is 0 Å². The molecule has 0 aromatic carbocycles. The number of hydrogen-bond acceptors (Lipinski definition) is 1. The lowest BCUT2D eigenvalue weighted by Crippen LogP contribution is -1.84. The van der Waals surface area contributed by atoms with Crippen molar-refractivity contribution in [2.75, 3.05) is 11.5 Å². The standard InChI is InChI=1S/C11H22S/c1-3-5-7-9-11-12-10-8-6-4-2/h4H,2-3,5-11H2,1H3. The number of hydrogen-bond donors (Lipinski definition) is 0. The van der Waals surface area contributed by atoms with Crippen LogP contribution in [0, 0.1) is 0 Å². The first kappa shape index (κ1) is 12.1. The predicted octanol–water partition coefficient (Wildman–Crippen LogP) is 4.27. The quantitative estimate of drug-likeness (QED) is 0.383. The molecule has 0 radical (unpaired) electrons. The average Bonchev–Trinajstić information content (AvgIpc) is 2.10. The maximum atomic E-state index is 3.71. The van der Waals surface area contributed by atoms with E-state index in [-0.39, 0.29) is 0 Å². The minimum atomic E-state index is 1.18. The molecule has 0 aliphatic carbocycles. The molecule has 0 aliphatic heterocycles. The van der Waals surface area contributed by atoms with E-state index in [1.54, 1.807) is 0 Å². The summed E-state index contributed by atoms with van der Waals surface area (Å²) in [6.45, 7) is 5.97. The molecular weight excluding hydrogens is 164 g/mol. The summed E-state index contributed by atoms with van der Waals surface area (Å²) in [5.41, 5.74) is 0. The van der Waals surface area contributed by atoms with Crippen LogP contribution in [0.1, 0.15) is 45.4 Å². The Morgan fingerprint density at radius 3 is 2.50 bits per heavy atom. The Labute approximate surface area is 81.8 Å². The van der Waals surface area contributed by atoms with Gasteiger partial charge < -0.3 is 0 Å². The maximum absolute atomic E-state index is 3.71. The summed E-state index contributed by atoms with van der Waals surface area (Å²) in [6, 6.07) is 0. The van der Waals surface area contributed by atoms with Gasteiger partial charge in [-0.15, -0.1) is 6.58 Å². The summed E-state index contributed by atoms with van der Waals surface area (Å²) in [6.07, 6.45) is 10.1. The third-order valence-electron chi connectivity index (χ3n) is 1.84. The topological polar surface area (TPSA) is 0 Å². The van der Waals surface area contributed by atoms with Crippen molar-refractivity contribution >= 4 is 11.8 Å². The van der Waals surface area contributed by atoms with E-state index in [9.17, 15) is 0 Å². The van der Waals surface area contributed by atoms with Crippen LogP contribution in [-0.4, -0.2) is 11.5 Å². The highest BCUT2D eigenvalue weighted by Gasteiger charge is 1.89. The molecule has 0 amide bonds. The van der Waals surface area contributed by atoms with Crippen molar-refractivity contribution < 1.29 is 0 Å². The Bertz CT molecular complexity index is 89.0. The molecule has 0 spiro atoms. The van der Waals surface area contributed by atoms with Gasteiger partial charge in [-0.2, -0.15) is 11.8 Å². The molecule has 0 atom stereocenters. The van der Waals surface area contributed by atoms with Crippen LogP contribution < -0.4 is 0 Å². The molecule has 1 heteroatoms. The fourth-order valence-electron chi connectivity index (χ4n) is 1.06. The van der Waals surface area contributed by atoms with Gasteiger partial charge in [-0.05, 0) is 30.8 Å². The van der Waals surface area contributed by atoms with E-state index in [4.69, 9.17) is 0 Å². The van der Waals surface area contributed by atoms with E-state index in [0.717, 1.165) is 0 Å². The van der Waals surface area contributed by atoms with Gasteiger partial charge in [0.2, 0.25) is 0 Å². The second-order valence-electron chi connectivity index (χ2n) is 3.10. The molecule has 0 N–H and O–H groups in total. The highest BCUT2D eigenvalue weighted by molar-refractivity contribution is 7.99. The summed E-state index contributed by atoms with van der Waals surface area (Å²) >= 11 is 2.10. The fraction of sp³-hybridized carbons (Fsp3) is 0.818. The third-order valence-corrected chi connectivity index (χ3v) is 2.99. The fourth-order valence-corrected chi connectivity index (χ4v) is 2.05. The van der Waals surface area contributed by atoms with Gasteiger partial charge >= 0.3 is 0 Å². The maximum Gasteiger partial charge on any atom is -0.00646 e. The molecule has 0 aliphatic rings. The van der Waals surface area contributed by atoms with Crippen molar-refractivity contribution in [3.63, 3.8) is 0 Å². The van der Waals surface area contributed by atoms with Crippen LogP contribution in [0.25, 0.3) is 0 Å².